The third-order valence-electron chi connectivity index (χ3n) is 6.60. The molecule has 0 radical (unpaired) electrons. The average molecular weight is 512 g/mol. The Bertz CT molecular complexity index is 1440. The van der Waals surface area contributed by atoms with Gasteiger partial charge in [0.2, 0.25) is 0 Å². The van der Waals surface area contributed by atoms with Gasteiger partial charge in [0.1, 0.15) is 22.2 Å². The molecule has 1 unspecified atom stereocenters. The van der Waals surface area contributed by atoms with E-state index in [0.717, 1.165) is 33.7 Å². The Labute approximate surface area is 212 Å². The number of hydrogen-bond acceptors (Lipinski definition) is 7. The molecule has 1 aliphatic rings. The van der Waals surface area contributed by atoms with E-state index in [-0.39, 0.29) is 5.91 Å². The van der Waals surface area contributed by atoms with Gasteiger partial charge in [-0.1, -0.05) is 0 Å². The number of carbonyl (C=O) groups is 2. The lowest BCUT2D eigenvalue weighted by Crippen LogP contribution is -2.44. The fourth-order valence-corrected chi connectivity index (χ4v) is 5.87. The van der Waals surface area contributed by atoms with Crippen LogP contribution in [0.3, 0.4) is 0 Å². The number of hydrogen-bond donors (Lipinski definition) is 1. The summed E-state index contributed by atoms with van der Waals surface area (Å²) in [5, 5.41) is 3.23. The van der Waals surface area contributed by atoms with E-state index in [4.69, 9.17) is 24.9 Å². The minimum atomic E-state index is -0.825. The number of aromatic nitrogens is 3. The zero-order chi connectivity index (χ0) is 25.4. The second-order valence-electron chi connectivity index (χ2n) is 8.85. The third-order valence-corrected chi connectivity index (χ3v) is 7.55. The number of imidazole rings is 1. The van der Waals surface area contributed by atoms with Crippen LogP contribution >= 0.6 is 11.3 Å². The van der Waals surface area contributed by atoms with E-state index in [1.54, 1.807) is 42.6 Å². The van der Waals surface area contributed by atoms with Crippen molar-refractivity contribution in [2.45, 2.75) is 25.5 Å². The molecule has 0 saturated carbocycles. The standard InChI is InChI=1S/C25H29N5O5S/c1-28-21-18(27-22(28)19-12-15-6-10-36-24(15)30(19)8-9-33-2)11-16(13-20(21)34-3)23(31)29-7-4-5-17(14-29)35-25(26)32/h6,10-13,17H,4-5,7-9,14H2,1-3H3,(H2,26,32). The fraction of sp³-hybridized carbons (Fsp3) is 0.400. The molecule has 1 atom stereocenters. The van der Waals surface area contributed by atoms with Gasteiger partial charge < -0.3 is 34.0 Å². The van der Waals surface area contributed by atoms with Gasteiger partial charge in [-0.15, -0.1) is 11.3 Å². The van der Waals surface area contributed by atoms with Crippen molar-refractivity contribution in [1.29, 1.82) is 0 Å². The molecule has 0 aliphatic carbocycles. The van der Waals surface area contributed by atoms with Crippen molar-refractivity contribution in [2.75, 3.05) is 33.9 Å². The molecule has 1 aliphatic heterocycles. The largest absolute Gasteiger partial charge is 0.494 e. The van der Waals surface area contributed by atoms with Crippen molar-refractivity contribution in [3.8, 4) is 17.3 Å². The lowest BCUT2D eigenvalue weighted by Gasteiger charge is -2.32. The molecule has 1 fully saturated rings. The second kappa shape index (κ2) is 9.82. The van der Waals surface area contributed by atoms with Gasteiger partial charge in [0.15, 0.2) is 5.82 Å². The first-order chi connectivity index (χ1) is 17.4. The number of amides is 2. The number of piperidine rings is 1. The minimum absolute atomic E-state index is 0.163. The van der Waals surface area contributed by atoms with Crippen molar-refractivity contribution in [2.24, 2.45) is 12.8 Å². The maximum absolute atomic E-state index is 13.4. The molecular weight excluding hydrogens is 482 g/mol. The predicted molar refractivity (Wildman–Crippen MR) is 138 cm³/mol. The minimum Gasteiger partial charge on any atom is -0.494 e. The van der Waals surface area contributed by atoms with E-state index >= 15 is 0 Å². The molecular formula is C25H29N5O5S. The molecule has 0 spiro atoms. The summed E-state index contributed by atoms with van der Waals surface area (Å²) in [6, 6.07) is 7.78. The number of thiophene rings is 1. The van der Waals surface area contributed by atoms with Gasteiger partial charge in [-0.05, 0) is 42.5 Å². The van der Waals surface area contributed by atoms with Crippen molar-refractivity contribution in [3.63, 3.8) is 0 Å². The number of rotatable bonds is 7. The number of likely N-dealkylation sites (tertiary alicyclic amines) is 1. The summed E-state index contributed by atoms with van der Waals surface area (Å²) in [5.41, 5.74) is 8.10. The highest BCUT2D eigenvalue weighted by atomic mass is 32.1. The van der Waals surface area contributed by atoms with Crippen LogP contribution in [-0.4, -0.2) is 71.0 Å². The van der Waals surface area contributed by atoms with Gasteiger partial charge in [-0.2, -0.15) is 0 Å². The van der Waals surface area contributed by atoms with E-state index in [9.17, 15) is 9.59 Å². The number of aryl methyl sites for hydroxylation is 1. The number of fused-ring (bicyclic) bond motifs is 2. The molecule has 4 aromatic rings. The molecule has 5 rings (SSSR count). The molecule has 190 valence electrons. The molecule has 36 heavy (non-hydrogen) atoms. The number of carbonyl (C=O) groups excluding carboxylic acids is 2. The normalized spacial score (nSPS) is 16.1. The smallest absolute Gasteiger partial charge is 0.404 e. The lowest BCUT2D eigenvalue weighted by atomic mass is 10.1. The Morgan fingerprint density at radius 2 is 2.08 bits per heavy atom. The summed E-state index contributed by atoms with van der Waals surface area (Å²) >= 11 is 1.68. The Morgan fingerprint density at radius 3 is 2.83 bits per heavy atom. The second-order valence-corrected chi connectivity index (χ2v) is 9.74. The number of nitrogens with two attached hydrogens (primary N) is 1. The molecule has 4 heterocycles. The highest BCUT2D eigenvalue weighted by Crippen LogP contribution is 2.36. The van der Waals surface area contributed by atoms with E-state index < -0.39 is 12.2 Å². The summed E-state index contributed by atoms with van der Waals surface area (Å²) in [6.45, 7) is 2.16. The quantitative estimate of drug-likeness (QED) is 0.406. The predicted octanol–water partition coefficient (Wildman–Crippen LogP) is 3.61. The van der Waals surface area contributed by atoms with Gasteiger partial charge in [0, 0.05) is 38.2 Å². The lowest BCUT2D eigenvalue weighted by molar-refractivity contribution is 0.0373. The highest BCUT2D eigenvalue weighted by molar-refractivity contribution is 7.16. The summed E-state index contributed by atoms with van der Waals surface area (Å²) < 4.78 is 20.4. The summed E-state index contributed by atoms with van der Waals surface area (Å²) in [5.74, 6) is 1.18. The van der Waals surface area contributed by atoms with Crippen LogP contribution in [0, 0.1) is 0 Å². The molecule has 0 bridgehead atoms. The van der Waals surface area contributed by atoms with Crippen molar-refractivity contribution < 1.29 is 23.8 Å². The zero-order valence-electron chi connectivity index (χ0n) is 20.5. The first kappa shape index (κ1) is 24.1. The van der Waals surface area contributed by atoms with E-state index in [0.29, 0.717) is 49.5 Å². The first-order valence-electron chi connectivity index (χ1n) is 11.8. The Balaban J connectivity index is 1.54. The van der Waals surface area contributed by atoms with Crippen LogP contribution in [0.2, 0.25) is 0 Å². The fourth-order valence-electron chi connectivity index (χ4n) is 4.95. The maximum atomic E-state index is 13.4. The SMILES string of the molecule is COCCn1c(-c2nc3cc(C(=O)N4CCCC(OC(N)=O)C4)cc(OC)c3n2C)cc2ccsc21. The van der Waals surface area contributed by atoms with Crippen molar-refractivity contribution >= 4 is 44.6 Å². The monoisotopic (exact) mass is 511 g/mol. The molecule has 11 heteroatoms. The average Bonchev–Trinajstić information content (AvgIpc) is 3.55. The van der Waals surface area contributed by atoms with Gasteiger partial charge in [-0.3, -0.25) is 4.79 Å². The van der Waals surface area contributed by atoms with Crippen LogP contribution in [0.1, 0.15) is 23.2 Å². The van der Waals surface area contributed by atoms with Gasteiger partial charge in [-0.25, -0.2) is 9.78 Å². The molecule has 10 nitrogen and oxygen atoms in total. The van der Waals surface area contributed by atoms with Crippen LogP contribution in [0.25, 0.3) is 32.8 Å². The number of primary amides is 1. The number of benzene rings is 1. The van der Waals surface area contributed by atoms with Crippen LogP contribution in [0.5, 0.6) is 5.75 Å². The van der Waals surface area contributed by atoms with Gasteiger partial charge in [0.05, 0.1) is 31.5 Å². The van der Waals surface area contributed by atoms with Gasteiger partial charge >= 0.3 is 6.09 Å². The number of ether oxygens (including phenoxy) is 3. The zero-order valence-corrected chi connectivity index (χ0v) is 21.3. The Morgan fingerprint density at radius 1 is 1.25 bits per heavy atom. The van der Waals surface area contributed by atoms with Crippen molar-refractivity contribution in [1.82, 2.24) is 19.0 Å². The van der Waals surface area contributed by atoms with Crippen LogP contribution in [-0.2, 0) is 23.1 Å². The summed E-state index contributed by atoms with van der Waals surface area (Å²) in [6.07, 6.45) is 0.181. The van der Waals surface area contributed by atoms with E-state index in [1.807, 2.05) is 11.6 Å². The molecule has 2 N–H and O–H groups in total. The van der Waals surface area contributed by atoms with Gasteiger partial charge in [0.25, 0.3) is 5.91 Å². The maximum Gasteiger partial charge on any atom is 0.404 e. The van der Waals surface area contributed by atoms with Crippen LogP contribution < -0.4 is 10.5 Å². The molecule has 3 aromatic heterocycles. The van der Waals surface area contributed by atoms with E-state index in [2.05, 4.69) is 22.1 Å². The number of methoxy groups -OCH3 is 2. The Kier molecular flexibility index (Phi) is 6.59. The topological polar surface area (TPSA) is 114 Å². The van der Waals surface area contributed by atoms with Crippen LogP contribution in [0.15, 0.2) is 29.6 Å². The molecule has 1 aromatic carbocycles. The molecule has 1 saturated heterocycles. The van der Waals surface area contributed by atoms with Crippen LogP contribution in [0.4, 0.5) is 4.79 Å². The highest BCUT2D eigenvalue weighted by Gasteiger charge is 2.28. The van der Waals surface area contributed by atoms with E-state index in [1.165, 1.54) is 0 Å². The third kappa shape index (κ3) is 4.28. The molecule has 2 amide bonds. The summed E-state index contributed by atoms with van der Waals surface area (Å²) in [7, 11) is 5.23. The summed E-state index contributed by atoms with van der Waals surface area (Å²) in [4.78, 5) is 32.4. The van der Waals surface area contributed by atoms with Crippen molar-refractivity contribution in [3.05, 3.63) is 35.2 Å². The number of nitrogens with zero attached hydrogens (tertiary/aromatic N) is 4. The first-order valence-corrected chi connectivity index (χ1v) is 12.6. The Hall–Kier alpha value is -3.57.